The van der Waals surface area contributed by atoms with Crippen LogP contribution in [0, 0.1) is 25.5 Å². The lowest BCUT2D eigenvalue weighted by molar-refractivity contribution is 0.0594. The van der Waals surface area contributed by atoms with Crippen LogP contribution >= 0.6 is 0 Å². The van der Waals surface area contributed by atoms with Crippen LogP contribution < -0.4 is 4.74 Å². The first-order valence-electron chi connectivity index (χ1n) is 6.06. The molecule has 0 amide bonds. The number of esters is 1. The average molecular weight is 297 g/mol. The van der Waals surface area contributed by atoms with Gasteiger partial charge in [0.25, 0.3) is 0 Å². The van der Waals surface area contributed by atoms with Gasteiger partial charge in [0.05, 0.1) is 23.9 Å². The molecule has 0 aliphatic heterocycles. The molecule has 0 atom stereocenters. The van der Waals surface area contributed by atoms with E-state index in [1.165, 1.54) is 6.07 Å². The van der Waals surface area contributed by atoms with Gasteiger partial charge in [0, 0.05) is 0 Å². The van der Waals surface area contributed by atoms with Crippen LogP contribution in [0.3, 0.4) is 0 Å². The average Bonchev–Trinajstić information content (AvgIpc) is 2.79. The Balaban J connectivity index is 2.22. The van der Waals surface area contributed by atoms with Crippen LogP contribution in [-0.2, 0) is 11.3 Å². The highest BCUT2D eigenvalue weighted by molar-refractivity contribution is 5.89. The largest absolute Gasteiger partial charge is 0.486 e. The number of nitrogens with zero attached hydrogens (tertiary/aromatic N) is 1. The van der Waals surface area contributed by atoms with Gasteiger partial charge in [0.15, 0.2) is 11.6 Å². The monoisotopic (exact) mass is 297 g/mol. The van der Waals surface area contributed by atoms with E-state index in [0.29, 0.717) is 17.0 Å². The highest BCUT2D eigenvalue weighted by Crippen LogP contribution is 2.25. The molecule has 0 N–H and O–H groups in total. The van der Waals surface area contributed by atoms with Gasteiger partial charge in [0.2, 0.25) is 5.82 Å². The molecule has 0 aliphatic carbocycles. The highest BCUT2D eigenvalue weighted by atomic mass is 19.2. The molecule has 0 saturated carbocycles. The lowest BCUT2D eigenvalue weighted by Gasteiger charge is -2.09. The summed E-state index contributed by atoms with van der Waals surface area (Å²) >= 11 is 0. The second kappa shape index (κ2) is 5.90. The van der Waals surface area contributed by atoms with Crippen molar-refractivity contribution in [2.45, 2.75) is 20.5 Å². The molecule has 0 fully saturated rings. The van der Waals surface area contributed by atoms with Gasteiger partial charge >= 0.3 is 5.97 Å². The number of hydrogen-bond acceptors (Lipinski definition) is 5. The molecule has 2 aromatic rings. The number of hydrogen-bond donors (Lipinski definition) is 0. The van der Waals surface area contributed by atoms with Gasteiger partial charge in [0.1, 0.15) is 12.4 Å². The molecule has 1 aromatic carbocycles. The number of aromatic nitrogens is 1. The molecule has 0 saturated heterocycles. The fourth-order valence-electron chi connectivity index (χ4n) is 1.77. The Morgan fingerprint density at radius 3 is 2.57 bits per heavy atom. The molecule has 5 nitrogen and oxygen atoms in total. The van der Waals surface area contributed by atoms with Gasteiger partial charge < -0.3 is 14.0 Å². The van der Waals surface area contributed by atoms with Crippen molar-refractivity contribution in [3.8, 4) is 5.75 Å². The zero-order chi connectivity index (χ0) is 15.6. The number of carbonyl (C=O) groups is 1. The van der Waals surface area contributed by atoms with Crippen molar-refractivity contribution in [2.75, 3.05) is 7.11 Å². The first-order valence-corrected chi connectivity index (χ1v) is 6.06. The molecule has 0 radical (unpaired) electrons. The predicted octanol–water partition coefficient (Wildman–Crippen LogP) is 2.94. The Morgan fingerprint density at radius 1 is 1.29 bits per heavy atom. The summed E-state index contributed by atoms with van der Waals surface area (Å²) in [4.78, 5) is 11.2. The van der Waals surface area contributed by atoms with E-state index >= 15 is 0 Å². The van der Waals surface area contributed by atoms with E-state index in [4.69, 9.17) is 9.26 Å². The van der Waals surface area contributed by atoms with Gasteiger partial charge in [-0.3, -0.25) is 0 Å². The molecule has 0 aliphatic rings. The topological polar surface area (TPSA) is 61.6 Å². The van der Waals surface area contributed by atoms with E-state index in [0.717, 1.165) is 13.2 Å². The van der Waals surface area contributed by atoms with Crippen molar-refractivity contribution in [2.24, 2.45) is 0 Å². The van der Waals surface area contributed by atoms with Crippen molar-refractivity contribution in [3.05, 3.63) is 46.3 Å². The Morgan fingerprint density at radius 2 is 2.00 bits per heavy atom. The normalized spacial score (nSPS) is 10.5. The third-order valence-electron chi connectivity index (χ3n) is 3.01. The molecule has 0 spiro atoms. The zero-order valence-electron chi connectivity index (χ0n) is 11.7. The first-order chi connectivity index (χ1) is 9.95. The molecular formula is C14H13F2NO4. The maximum absolute atomic E-state index is 13.8. The quantitative estimate of drug-likeness (QED) is 0.812. The fourth-order valence-corrected chi connectivity index (χ4v) is 1.77. The summed E-state index contributed by atoms with van der Waals surface area (Å²) in [5.41, 5.74) is 0.783. The Kier molecular flexibility index (Phi) is 4.21. The van der Waals surface area contributed by atoms with Crippen LogP contribution in [0.25, 0.3) is 0 Å². The Hall–Kier alpha value is -2.44. The van der Waals surface area contributed by atoms with Crippen molar-refractivity contribution in [1.29, 1.82) is 0 Å². The van der Waals surface area contributed by atoms with Crippen LogP contribution in [0.2, 0.25) is 0 Å². The summed E-state index contributed by atoms with van der Waals surface area (Å²) < 4.78 is 42.1. The number of benzene rings is 1. The van der Waals surface area contributed by atoms with E-state index in [1.54, 1.807) is 13.8 Å². The van der Waals surface area contributed by atoms with Crippen LogP contribution in [0.1, 0.15) is 27.4 Å². The SMILES string of the molecule is COC(=O)c1ccc(OCc2c(C)noc2C)c(F)c1F. The molecular weight excluding hydrogens is 284 g/mol. The number of carbonyl (C=O) groups excluding carboxylic acids is 1. The van der Waals surface area contributed by atoms with Crippen molar-refractivity contribution < 1.29 is 27.6 Å². The summed E-state index contributed by atoms with van der Waals surface area (Å²) in [6.07, 6.45) is 0. The minimum atomic E-state index is -1.31. The number of ether oxygens (including phenoxy) is 2. The molecule has 7 heteroatoms. The standard InChI is InChI=1S/C14H13F2NO4/c1-7-10(8(2)21-17-7)6-20-11-5-4-9(14(18)19-3)12(15)13(11)16/h4-5H,6H2,1-3H3. The van der Waals surface area contributed by atoms with E-state index in [2.05, 4.69) is 9.89 Å². The number of methoxy groups -OCH3 is 1. The number of aryl methyl sites for hydroxylation is 2. The Labute approximate surface area is 119 Å². The summed E-state index contributed by atoms with van der Waals surface area (Å²) in [6, 6.07) is 2.27. The summed E-state index contributed by atoms with van der Waals surface area (Å²) in [7, 11) is 1.08. The fraction of sp³-hybridized carbons (Fsp3) is 0.286. The number of halogens is 2. The molecule has 2 rings (SSSR count). The molecule has 1 heterocycles. The van der Waals surface area contributed by atoms with Crippen molar-refractivity contribution in [3.63, 3.8) is 0 Å². The molecule has 112 valence electrons. The molecule has 0 unspecified atom stereocenters. The number of rotatable bonds is 4. The minimum Gasteiger partial charge on any atom is -0.486 e. The van der Waals surface area contributed by atoms with Gasteiger partial charge in [-0.05, 0) is 26.0 Å². The van der Waals surface area contributed by atoms with Crippen molar-refractivity contribution >= 4 is 5.97 Å². The van der Waals surface area contributed by atoms with Gasteiger partial charge in [-0.15, -0.1) is 0 Å². The third-order valence-corrected chi connectivity index (χ3v) is 3.01. The maximum atomic E-state index is 13.8. The van der Waals surface area contributed by atoms with Crippen molar-refractivity contribution in [1.82, 2.24) is 5.16 Å². The van der Waals surface area contributed by atoms with Crippen LogP contribution in [0.5, 0.6) is 5.75 Å². The summed E-state index contributed by atoms with van der Waals surface area (Å²) in [6.45, 7) is 3.39. The summed E-state index contributed by atoms with van der Waals surface area (Å²) in [5, 5.41) is 3.73. The van der Waals surface area contributed by atoms with Crippen LogP contribution in [0.15, 0.2) is 16.7 Å². The highest BCUT2D eigenvalue weighted by Gasteiger charge is 2.20. The lowest BCUT2D eigenvalue weighted by Crippen LogP contribution is -2.08. The second-order valence-corrected chi connectivity index (χ2v) is 4.32. The van der Waals surface area contributed by atoms with Gasteiger partial charge in [-0.25, -0.2) is 9.18 Å². The first kappa shape index (κ1) is 15.0. The lowest BCUT2D eigenvalue weighted by atomic mass is 10.2. The van der Waals surface area contributed by atoms with E-state index < -0.39 is 23.2 Å². The van der Waals surface area contributed by atoms with Gasteiger partial charge in [-0.1, -0.05) is 5.16 Å². The van der Waals surface area contributed by atoms with E-state index in [9.17, 15) is 13.6 Å². The Bertz CT molecular complexity index is 662. The molecule has 0 bridgehead atoms. The zero-order valence-corrected chi connectivity index (χ0v) is 11.7. The van der Waals surface area contributed by atoms with Gasteiger partial charge in [-0.2, -0.15) is 4.39 Å². The summed E-state index contributed by atoms with van der Waals surface area (Å²) in [5.74, 6) is -3.27. The van der Waals surface area contributed by atoms with Crippen LogP contribution in [-0.4, -0.2) is 18.2 Å². The minimum absolute atomic E-state index is 0.0188. The molecule has 1 aromatic heterocycles. The second-order valence-electron chi connectivity index (χ2n) is 4.32. The van der Waals surface area contributed by atoms with Crippen LogP contribution in [0.4, 0.5) is 8.78 Å². The predicted molar refractivity (Wildman–Crippen MR) is 68.0 cm³/mol. The smallest absolute Gasteiger partial charge is 0.340 e. The molecule has 21 heavy (non-hydrogen) atoms. The maximum Gasteiger partial charge on any atom is 0.340 e. The van der Waals surface area contributed by atoms with E-state index in [-0.39, 0.29) is 12.4 Å². The van der Waals surface area contributed by atoms with E-state index in [1.807, 2.05) is 0 Å². The third kappa shape index (κ3) is 2.86.